The Hall–Kier alpha value is -2.99. The summed E-state index contributed by atoms with van der Waals surface area (Å²) in [7, 11) is -4.03. The summed E-state index contributed by atoms with van der Waals surface area (Å²) in [4.78, 5) is 1.51. The summed E-state index contributed by atoms with van der Waals surface area (Å²) in [5, 5.41) is 12.6. The second-order valence-corrected chi connectivity index (χ2v) is 9.01. The van der Waals surface area contributed by atoms with Crippen LogP contribution in [0.1, 0.15) is 11.3 Å². The molecule has 0 atom stereocenters. The number of anilines is 1. The van der Waals surface area contributed by atoms with Crippen LogP contribution in [-0.4, -0.2) is 58.9 Å². The number of nitrogens with zero attached hydrogens (tertiary/aromatic N) is 6. The Morgan fingerprint density at radius 2 is 1.61 bits per heavy atom. The van der Waals surface area contributed by atoms with E-state index in [0.29, 0.717) is 30.8 Å². The monoisotopic (exact) mass is 452 g/mol. The van der Waals surface area contributed by atoms with Crippen molar-refractivity contribution in [2.24, 2.45) is 0 Å². The highest BCUT2D eigenvalue weighted by molar-refractivity contribution is 7.89. The molecule has 0 unspecified atom stereocenters. The van der Waals surface area contributed by atoms with Gasteiger partial charge in [0.2, 0.25) is 10.0 Å². The van der Waals surface area contributed by atoms with Crippen LogP contribution < -0.4 is 4.90 Å². The first kappa shape index (κ1) is 21.2. The smallest absolute Gasteiger partial charge is 0.352 e. The van der Waals surface area contributed by atoms with E-state index in [4.69, 9.17) is 0 Å². The van der Waals surface area contributed by atoms with Crippen molar-refractivity contribution in [2.75, 3.05) is 31.1 Å². The van der Waals surface area contributed by atoms with Gasteiger partial charge in [-0.1, -0.05) is 6.07 Å². The van der Waals surface area contributed by atoms with E-state index in [1.165, 1.54) is 10.4 Å². The van der Waals surface area contributed by atoms with Crippen molar-refractivity contribution in [3.8, 4) is 5.82 Å². The molecule has 164 valence electrons. The van der Waals surface area contributed by atoms with Crippen LogP contribution in [0.4, 0.5) is 19.0 Å². The maximum atomic E-state index is 12.9. The van der Waals surface area contributed by atoms with Crippen LogP contribution in [0.15, 0.2) is 53.6 Å². The van der Waals surface area contributed by atoms with Gasteiger partial charge in [-0.25, -0.2) is 13.1 Å². The van der Waals surface area contributed by atoms with Crippen molar-refractivity contribution in [2.45, 2.75) is 18.0 Å². The van der Waals surface area contributed by atoms with Crippen LogP contribution in [0.3, 0.4) is 0 Å². The largest absolute Gasteiger partial charge is 0.416 e. The molecule has 12 heteroatoms. The molecule has 4 rings (SSSR count). The fourth-order valence-electron chi connectivity index (χ4n) is 3.29. The van der Waals surface area contributed by atoms with Gasteiger partial charge < -0.3 is 4.90 Å². The number of piperazine rings is 1. The lowest BCUT2D eigenvalue weighted by Crippen LogP contribution is -2.49. The van der Waals surface area contributed by atoms with Crippen LogP contribution in [0.25, 0.3) is 5.82 Å². The second kappa shape index (κ2) is 7.93. The van der Waals surface area contributed by atoms with E-state index < -0.39 is 21.8 Å². The number of rotatable bonds is 4. The zero-order valence-electron chi connectivity index (χ0n) is 16.5. The first-order valence-electron chi connectivity index (χ1n) is 9.43. The van der Waals surface area contributed by atoms with Gasteiger partial charge in [0, 0.05) is 32.4 Å². The Kier molecular flexibility index (Phi) is 5.43. The van der Waals surface area contributed by atoms with Gasteiger partial charge in [0.25, 0.3) is 0 Å². The maximum Gasteiger partial charge on any atom is 0.416 e. The third kappa shape index (κ3) is 4.39. The Balaban J connectivity index is 1.45. The molecule has 3 aromatic rings. The predicted octanol–water partition coefficient (Wildman–Crippen LogP) is 2.50. The summed E-state index contributed by atoms with van der Waals surface area (Å²) in [6.07, 6.45) is -2.83. The summed E-state index contributed by atoms with van der Waals surface area (Å²) in [5.74, 6) is 1.14. The molecule has 31 heavy (non-hydrogen) atoms. The highest BCUT2D eigenvalue weighted by Crippen LogP contribution is 2.31. The topological polar surface area (TPSA) is 84.2 Å². The van der Waals surface area contributed by atoms with Gasteiger partial charge in [0.1, 0.15) is 0 Å². The lowest BCUT2D eigenvalue weighted by atomic mass is 10.2. The molecule has 1 saturated heterocycles. The summed E-state index contributed by atoms with van der Waals surface area (Å²) < 4.78 is 67.2. The number of sulfonamides is 1. The number of halogens is 3. The van der Waals surface area contributed by atoms with E-state index in [-0.39, 0.29) is 18.0 Å². The average molecular weight is 452 g/mol. The van der Waals surface area contributed by atoms with Gasteiger partial charge in [0.15, 0.2) is 11.6 Å². The minimum absolute atomic E-state index is 0.125. The average Bonchev–Trinajstić information content (AvgIpc) is 3.20. The molecule has 0 aliphatic carbocycles. The maximum absolute atomic E-state index is 12.9. The second-order valence-electron chi connectivity index (χ2n) is 7.07. The number of aryl methyl sites for hydroxylation is 1. The van der Waals surface area contributed by atoms with E-state index in [1.54, 1.807) is 23.0 Å². The van der Waals surface area contributed by atoms with Gasteiger partial charge in [-0.2, -0.15) is 22.6 Å². The number of hydrogen-bond acceptors (Lipinski definition) is 6. The molecule has 0 N–H and O–H groups in total. The molecule has 1 aliphatic heterocycles. The van der Waals surface area contributed by atoms with Crippen molar-refractivity contribution in [3.05, 3.63) is 59.9 Å². The third-order valence-corrected chi connectivity index (χ3v) is 6.85. The minimum Gasteiger partial charge on any atom is -0.352 e. The molecule has 2 aromatic heterocycles. The zero-order valence-corrected chi connectivity index (χ0v) is 17.3. The van der Waals surface area contributed by atoms with Crippen molar-refractivity contribution >= 4 is 15.8 Å². The molecule has 1 aromatic carbocycles. The molecule has 0 amide bonds. The van der Waals surface area contributed by atoms with E-state index >= 15 is 0 Å². The fourth-order valence-corrected chi connectivity index (χ4v) is 4.76. The fraction of sp³-hybridized carbons (Fsp3) is 0.316. The molecule has 0 spiro atoms. The van der Waals surface area contributed by atoms with Crippen molar-refractivity contribution in [3.63, 3.8) is 0 Å². The van der Waals surface area contributed by atoms with Crippen LogP contribution in [0.2, 0.25) is 0 Å². The summed E-state index contributed by atoms with van der Waals surface area (Å²) in [6, 6.07) is 9.19. The minimum atomic E-state index is -4.61. The van der Waals surface area contributed by atoms with E-state index in [1.807, 2.05) is 17.9 Å². The van der Waals surface area contributed by atoms with E-state index in [0.717, 1.165) is 17.8 Å². The lowest BCUT2D eigenvalue weighted by molar-refractivity contribution is -0.137. The normalized spacial score (nSPS) is 15.9. The van der Waals surface area contributed by atoms with Crippen LogP contribution in [0.5, 0.6) is 0 Å². The molecular weight excluding hydrogens is 433 g/mol. The Morgan fingerprint density at radius 1 is 0.935 bits per heavy atom. The quantitative estimate of drug-likeness (QED) is 0.605. The number of hydrogen-bond donors (Lipinski definition) is 0. The lowest BCUT2D eigenvalue weighted by Gasteiger charge is -2.34. The summed E-state index contributed by atoms with van der Waals surface area (Å²) in [6.45, 7) is 2.80. The molecule has 1 fully saturated rings. The zero-order chi connectivity index (χ0) is 22.2. The Morgan fingerprint density at radius 3 is 2.19 bits per heavy atom. The predicted molar refractivity (Wildman–Crippen MR) is 106 cm³/mol. The molecule has 1 aliphatic rings. The highest BCUT2D eigenvalue weighted by atomic mass is 32.2. The molecular formula is C19H19F3N6O2S. The summed E-state index contributed by atoms with van der Waals surface area (Å²) in [5.41, 5.74) is -0.140. The standard InChI is InChI=1S/C19H19F3N6O2S/c1-14-7-8-28(25-14)18-6-5-17(23-24-18)26-9-11-27(12-10-26)31(29,30)16-4-2-3-15(13-16)19(20,21)22/h2-8,13H,9-12H2,1H3. The SMILES string of the molecule is Cc1ccn(-c2ccc(N3CCN(S(=O)(=O)c4cccc(C(F)(F)F)c4)CC3)nn2)n1. The van der Waals surface area contributed by atoms with Gasteiger partial charge in [-0.3, -0.25) is 0 Å². The highest BCUT2D eigenvalue weighted by Gasteiger charge is 2.34. The third-order valence-electron chi connectivity index (χ3n) is 4.96. The molecule has 0 saturated carbocycles. The first-order valence-corrected chi connectivity index (χ1v) is 10.9. The Labute approximate surface area is 177 Å². The number of benzene rings is 1. The van der Waals surface area contributed by atoms with Crippen LogP contribution >= 0.6 is 0 Å². The van der Waals surface area contributed by atoms with E-state index in [9.17, 15) is 21.6 Å². The van der Waals surface area contributed by atoms with Crippen molar-refractivity contribution in [1.29, 1.82) is 0 Å². The number of alkyl halides is 3. The summed E-state index contributed by atoms with van der Waals surface area (Å²) >= 11 is 0. The van der Waals surface area contributed by atoms with Gasteiger partial charge >= 0.3 is 6.18 Å². The number of aromatic nitrogens is 4. The molecule has 0 bridgehead atoms. The molecule has 8 nitrogen and oxygen atoms in total. The van der Waals surface area contributed by atoms with Gasteiger partial charge in [0.05, 0.1) is 16.2 Å². The van der Waals surface area contributed by atoms with Gasteiger partial charge in [-0.15, -0.1) is 10.2 Å². The van der Waals surface area contributed by atoms with Crippen LogP contribution in [0, 0.1) is 6.92 Å². The first-order chi connectivity index (χ1) is 14.6. The molecule has 0 radical (unpaired) electrons. The molecule has 3 heterocycles. The van der Waals surface area contributed by atoms with Crippen molar-refractivity contribution in [1.82, 2.24) is 24.3 Å². The Bertz CT molecular complexity index is 1170. The van der Waals surface area contributed by atoms with Crippen molar-refractivity contribution < 1.29 is 21.6 Å². The van der Waals surface area contributed by atoms with Gasteiger partial charge in [-0.05, 0) is 43.3 Å². The van der Waals surface area contributed by atoms with E-state index in [2.05, 4.69) is 15.3 Å². The van der Waals surface area contributed by atoms with Crippen LogP contribution in [-0.2, 0) is 16.2 Å².